The second-order valence-corrected chi connectivity index (χ2v) is 4.59. The normalized spacial score (nSPS) is 13.4. The van der Waals surface area contributed by atoms with Gasteiger partial charge in [-0.2, -0.15) is 13.2 Å². The zero-order valence-corrected chi connectivity index (χ0v) is 11.6. The number of nitrogens with zero attached hydrogens (tertiary/aromatic N) is 1. The molecule has 0 aliphatic carbocycles. The van der Waals surface area contributed by atoms with Gasteiger partial charge in [-0.15, -0.1) is 0 Å². The van der Waals surface area contributed by atoms with Crippen LogP contribution in [0.15, 0.2) is 24.3 Å². The van der Waals surface area contributed by atoms with Crippen molar-refractivity contribution in [2.45, 2.75) is 25.7 Å². The molecule has 21 heavy (non-hydrogen) atoms. The molecule has 0 aliphatic rings. The fraction of sp³-hybridized carbons (Fsp3) is 0.357. The Morgan fingerprint density at radius 2 is 2.05 bits per heavy atom. The van der Waals surface area contributed by atoms with Gasteiger partial charge in [0.1, 0.15) is 6.04 Å². The highest BCUT2D eigenvalue weighted by atomic mass is 19.4. The number of aryl methyl sites for hydroxylation is 1. The van der Waals surface area contributed by atoms with Gasteiger partial charge >= 0.3 is 12.1 Å². The molecule has 0 aliphatic heterocycles. The Morgan fingerprint density at radius 3 is 2.57 bits per heavy atom. The molecule has 1 unspecified atom stereocenters. The van der Waals surface area contributed by atoms with E-state index in [1.807, 2.05) is 6.92 Å². The van der Waals surface area contributed by atoms with Crippen LogP contribution in [0.25, 0.3) is 10.9 Å². The first-order valence-corrected chi connectivity index (χ1v) is 6.33. The standard InChI is InChI=1S/C14H15F3N2O2/c1-3-19-10-5-4-9(14(15,16)17)6-8(10)7-11(19)12(18)13(20)21-2/h4-7,12H,3,18H2,1-2H3. The van der Waals surface area contributed by atoms with Gasteiger partial charge in [0.05, 0.1) is 12.7 Å². The number of aromatic nitrogens is 1. The zero-order valence-electron chi connectivity index (χ0n) is 11.6. The Bertz CT molecular complexity index is 677. The number of benzene rings is 1. The quantitative estimate of drug-likeness (QED) is 0.887. The lowest BCUT2D eigenvalue weighted by Crippen LogP contribution is -2.25. The average molecular weight is 300 g/mol. The van der Waals surface area contributed by atoms with Crippen molar-refractivity contribution in [2.75, 3.05) is 7.11 Å². The topological polar surface area (TPSA) is 57.2 Å². The second-order valence-electron chi connectivity index (χ2n) is 4.59. The molecule has 0 saturated carbocycles. The van der Waals surface area contributed by atoms with Gasteiger partial charge in [-0.1, -0.05) is 0 Å². The maximum atomic E-state index is 12.7. The largest absolute Gasteiger partial charge is 0.468 e. The maximum absolute atomic E-state index is 12.7. The van der Waals surface area contributed by atoms with Crippen LogP contribution in [0, 0.1) is 0 Å². The number of hydrogen-bond acceptors (Lipinski definition) is 3. The first kappa shape index (κ1) is 15.4. The van der Waals surface area contributed by atoms with Crippen molar-refractivity contribution in [1.29, 1.82) is 0 Å². The van der Waals surface area contributed by atoms with E-state index in [0.29, 0.717) is 23.1 Å². The molecule has 0 spiro atoms. The minimum atomic E-state index is -4.41. The molecule has 0 bridgehead atoms. The van der Waals surface area contributed by atoms with E-state index in [4.69, 9.17) is 5.73 Å². The molecule has 1 aromatic carbocycles. The van der Waals surface area contributed by atoms with Crippen LogP contribution in [-0.4, -0.2) is 17.6 Å². The van der Waals surface area contributed by atoms with E-state index < -0.39 is 23.8 Å². The lowest BCUT2D eigenvalue weighted by molar-refractivity contribution is -0.142. The van der Waals surface area contributed by atoms with Gasteiger partial charge in [-0.3, -0.25) is 0 Å². The average Bonchev–Trinajstić information content (AvgIpc) is 2.82. The number of hydrogen-bond donors (Lipinski definition) is 1. The molecule has 0 amide bonds. The predicted molar refractivity (Wildman–Crippen MR) is 71.6 cm³/mol. The molecule has 0 saturated heterocycles. The Balaban J connectivity index is 2.60. The number of ether oxygens (including phenoxy) is 1. The molecule has 2 aromatic rings. The van der Waals surface area contributed by atoms with Crippen molar-refractivity contribution in [1.82, 2.24) is 4.57 Å². The molecule has 0 fully saturated rings. The number of rotatable bonds is 3. The molecule has 1 heterocycles. The Hall–Kier alpha value is -2.02. The third-order valence-electron chi connectivity index (χ3n) is 3.35. The summed E-state index contributed by atoms with van der Waals surface area (Å²) in [4.78, 5) is 11.5. The van der Waals surface area contributed by atoms with Gasteiger partial charge in [0.15, 0.2) is 0 Å². The van der Waals surface area contributed by atoms with Crippen LogP contribution in [0.4, 0.5) is 13.2 Å². The van der Waals surface area contributed by atoms with Crippen LogP contribution in [0.3, 0.4) is 0 Å². The number of carbonyl (C=O) groups excluding carboxylic acids is 1. The SMILES string of the molecule is CCn1c(C(N)C(=O)OC)cc2cc(C(F)(F)F)ccc21. The van der Waals surface area contributed by atoms with Crippen LogP contribution >= 0.6 is 0 Å². The van der Waals surface area contributed by atoms with Gasteiger partial charge in [-0.25, -0.2) is 4.79 Å². The zero-order chi connectivity index (χ0) is 15.8. The summed E-state index contributed by atoms with van der Waals surface area (Å²) in [5, 5.41) is 0.390. The number of halogens is 3. The first-order chi connectivity index (χ1) is 9.79. The van der Waals surface area contributed by atoms with Crippen LogP contribution < -0.4 is 5.73 Å². The van der Waals surface area contributed by atoms with Crippen LogP contribution in [-0.2, 0) is 22.3 Å². The summed E-state index contributed by atoms with van der Waals surface area (Å²) >= 11 is 0. The van der Waals surface area contributed by atoms with E-state index in [0.717, 1.165) is 12.1 Å². The number of fused-ring (bicyclic) bond motifs is 1. The molecule has 2 N–H and O–H groups in total. The van der Waals surface area contributed by atoms with Gasteiger partial charge in [0, 0.05) is 23.1 Å². The summed E-state index contributed by atoms with van der Waals surface area (Å²) < 4.78 is 44.5. The summed E-state index contributed by atoms with van der Waals surface area (Å²) in [6.07, 6.45) is -4.41. The molecule has 1 atom stereocenters. The van der Waals surface area contributed by atoms with Crippen molar-refractivity contribution < 1.29 is 22.7 Å². The predicted octanol–water partition coefficient (Wildman–Crippen LogP) is 2.85. The Kier molecular flexibility index (Phi) is 3.95. The van der Waals surface area contributed by atoms with Gasteiger partial charge in [0.25, 0.3) is 0 Å². The summed E-state index contributed by atoms with van der Waals surface area (Å²) in [7, 11) is 1.21. The van der Waals surface area contributed by atoms with E-state index in [9.17, 15) is 18.0 Å². The lowest BCUT2D eigenvalue weighted by atomic mass is 10.1. The van der Waals surface area contributed by atoms with Crippen molar-refractivity contribution in [3.63, 3.8) is 0 Å². The summed E-state index contributed by atoms with van der Waals surface area (Å²) in [5.74, 6) is -0.636. The van der Waals surface area contributed by atoms with Crippen LogP contribution in [0.1, 0.15) is 24.2 Å². The fourth-order valence-electron chi connectivity index (χ4n) is 2.33. The molecule has 114 valence electrons. The van der Waals surface area contributed by atoms with E-state index in [-0.39, 0.29) is 0 Å². The second kappa shape index (κ2) is 5.40. The number of carbonyl (C=O) groups is 1. The molecule has 1 aromatic heterocycles. The van der Waals surface area contributed by atoms with E-state index in [1.165, 1.54) is 19.2 Å². The number of methoxy groups -OCH3 is 1. The highest BCUT2D eigenvalue weighted by molar-refractivity contribution is 5.85. The van der Waals surface area contributed by atoms with Crippen LogP contribution in [0.5, 0.6) is 0 Å². The number of alkyl halides is 3. The Labute approximate surface area is 119 Å². The maximum Gasteiger partial charge on any atom is 0.416 e. The van der Waals surface area contributed by atoms with E-state index in [2.05, 4.69) is 4.74 Å². The monoisotopic (exact) mass is 300 g/mol. The number of nitrogens with two attached hydrogens (primary N) is 1. The Morgan fingerprint density at radius 1 is 1.38 bits per heavy atom. The summed E-state index contributed by atoms with van der Waals surface area (Å²) in [6, 6.07) is 3.92. The van der Waals surface area contributed by atoms with Crippen LogP contribution in [0.2, 0.25) is 0 Å². The molecular formula is C14H15F3N2O2. The van der Waals surface area contributed by atoms with Crippen molar-refractivity contribution >= 4 is 16.9 Å². The minimum Gasteiger partial charge on any atom is -0.468 e. The molecule has 2 rings (SSSR count). The fourth-order valence-corrected chi connectivity index (χ4v) is 2.33. The van der Waals surface area contributed by atoms with Gasteiger partial charge in [0.2, 0.25) is 0 Å². The third kappa shape index (κ3) is 2.73. The van der Waals surface area contributed by atoms with Gasteiger partial charge in [-0.05, 0) is 31.2 Å². The molecule has 7 heteroatoms. The van der Waals surface area contributed by atoms with Crippen molar-refractivity contribution in [2.24, 2.45) is 5.73 Å². The van der Waals surface area contributed by atoms with Crippen molar-refractivity contribution in [3.05, 3.63) is 35.5 Å². The van der Waals surface area contributed by atoms with Gasteiger partial charge < -0.3 is 15.0 Å². The first-order valence-electron chi connectivity index (χ1n) is 6.33. The third-order valence-corrected chi connectivity index (χ3v) is 3.35. The smallest absolute Gasteiger partial charge is 0.416 e. The van der Waals surface area contributed by atoms with E-state index in [1.54, 1.807) is 4.57 Å². The molecule has 0 radical (unpaired) electrons. The highest BCUT2D eigenvalue weighted by Gasteiger charge is 2.31. The van der Waals surface area contributed by atoms with Crippen molar-refractivity contribution in [3.8, 4) is 0 Å². The number of esters is 1. The molecular weight excluding hydrogens is 285 g/mol. The summed E-state index contributed by atoms with van der Waals surface area (Å²) in [5.41, 5.74) is 6.09. The summed E-state index contributed by atoms with van der Waals surface area (Å²) in [6.45, 7) is 2.31. The molecule has 4 nitrogen and oxygen atoms in total. The lowest BCUT2D eigenvalue weighted by Gasteiger charge is -2.13. The highest BCUT2D eigenvalue weighted by Crippen LogP contribution is 2.33. The minimum absolute atomic E-state index is 0.390. The van der Waals surface area contributed by atoms with E-state index >= 15 is 0 Å².